The predicted molar refractivity (Wildman–Crippen MR) is 82.0 cm³/mol. The van der Waals surface area contributed by atoms with Crippen LogP contribution in [0.4, 0.5) is 11.6 Å². The van der Waals surface area contributed by atoms with Crippen LogP contribution < -0.4 is 10.2 Å². The lowest BCUT2D eigenvalue weighted by atomic mass is 10.2. The normalized spacial score (nSPS) is 14.6. The Kier molecular flexibility index (Phi) is 3.81. The minimum atomic E-state index is 0.754. The number of hydrogen-bond donors (Lipinski definition) is 1. The van der Waals surface area contributed by atoms with Crippen molar-refractivity contribution in [3.63, 3.8) is 0 Å². The van der Waals surface area contributed by atoms with Crippen molar-refractivity contribution in [3.05, 3.63) is 47.8 Å². The van der Waals surface area contributed by atoms with E-state index in [1.54, 1.807) is 0 Å². The van der Waals surface area contributed by atoms with Crippen molar-refractivity contribution in [1.82, 2.24) is 9.97 Å². The Bertz CT molecular complexity index is 559. The Balaban J connectivity index is 1.60. The first kappa shape index (κ1) is 12.9. The molecule has 1 N–H and O–H groups in total. The van der Waals surface area contributed by atoms with Crippen LogP contribution in [-0.2, 0) is 6.54 Å². The van der Waals surface area contributed by atoms with Gasteiger partial charge in [-0.3, -0.25) is 0 Å². The summed E-state index contributed by atoms with van der Waals surface area (Å²) in [7, 11) is 0. The summed E-state index contributed by atoms with van der Waals surface area (Å²) in [5.41, 5.74) is 2.20. The van der Waals surface area contributed by atoms with Crippen LogP contribution in [0.15, 0.2) is 36.5 Å². The molecule has 4 heteroatoms. The molecule has 0 amide bonds. The average molecular weight is 268 g/mol. The number of aryl methyl sites for hydroxylation is 1. The summed E-state index contributed by atoms with van der Waals surface area (Å²) >= 11 is 0. The van der Waals surface area contributed by atoms with E-state index in [1.165, 1.54) is 18.4 Å². The molecule has 104 valence electrons. The summed E-state index contributed by atoms with van der Waals surface area (Å²) in [6, 6.07) is 10.3. The van der Waals surface area contributed by atoms with Crippen molar-refractivity contribution < 1.29 is 0 Å². The molecule has 1 fully saturated rings. The lowest BCUT2D eigenvalue weighted by Gasteiger charge is -2.16. The fourth-order valence-electron chi connectivity index (χ4n) is 2.49. The van der Waals surface area contributed by atoms with Crippen LogP contribution >= 0.6 is 0 Å². The van der Waals surface area contributed by atoms with Gasteiger partial charge in [0.1, 0.15) is 11.6 Å². The van der Waals surface area contributed by atoms with Crippen LogP contribution in [0.25, 0.3) is 0 Å². The first-order chi connectivity index (χ1) is 9.81. The molecule has 0 aliphatic carbocycles. The monoisotopic (exact) mass is 268 g/mol. The smallest absolute Gasteiger partial charge is 0.128 e. The van der Waals surface area contributed by atoms with Crippen molar-refractivity contribution in [2.45, 2.75) is 26.3 Å². The fraction of sp³-hybridized carbons (Fsp3) is 0.375. The zero-order valence-electron chi connectivity index (χ0n) is 11.8. The second-order valence-electron chi connectivity index (χ2n) is 5.24. The fourth-order valence-corrected chi connectivity index (χ4v) is 2.49. The summed E-state index contributed by atoms with van der Waals surface area (Å²) in [6.07, 6.45) is 4.52. The van der Waals surface area contributed by atoms with Crippen molar-refractivity contribution in [1.29, 1.82) is 0 Å². The van der Waals surface area contributed by atoms with E-state index in [0.29, 0.717) is 0 Å². The minimum absolute atomic E-state index is 0.754. The van der Waals surface area contributed by atoms with Gasteiger partial charge in [-0.1, -0.05) is 12.1 Å². The molecule has 20 heavy (non-hydrogen) atoms. The summed E-state index contributed by atoms with van der Waals surface area (Å²) in [6.45, 7) is 5.02. The highest BCUT2D eigenvalue weighted by atomic mass is 15.2. The van der Waals surface area contributed by atoms with Gasteiger partial charge in [-0.2, -0.15) is 0 Å². The van der Waals surface area contributed by atoms with E-state index < -0.39 is 0 Å². The number of rotatable bonds is 4. The maximum atomic E-state index is 4.56. The quantitative estimate of drug-likeness (QED) is 0.925. The topological polar surface area (TPSA) is 41.0 Å². The second-order valence-corrected chi connectivity index (χ2v) is 5.24. The van der Waals surface area contributed by atoms with Gasteiger partial charge in [0.05, 0.1) is 0 Å². The predicted octanol–water partition coefficient (Wildman–Crippen LogP) is 3.00. The number of nitrogens with one attached hydrogen (secondary N) is 1. The third-order valence-corrected chi connectivity index (χ3v) is 3.60. The lowest BCUT2D eigenvalue weighted by molar-refractivity contribution is 0.931. The number of anilines is 2. The highest BCUT2D eigenvalue weighted by molar-refractivity contribution is 5.41. The Labute approximate surface area is 119 Å². The summed E-state index contributed by atoms with van der Waals surface area (Å²) in [5.74, 6) is 2.01. The third-order valence-electron chi connectivity index (χ3n) is 3.60. The molecule has 2 aromatic heterocycles. The molecular formula is C16H20N4. The van der Waals surface area contributed by atoms with Gasteiger partial charge in [0.15, 0.2) is 0 Å². The van der Waals surface area contributed by atoms with Gasteiger partial charge in [-0.25, -0.2) is 9.97 Å². The summed E-state index contributed by atoms with van der Waals surface area (Å²) < 4.78 is 0. The molecule has 0 saturated carbocycles. The highest BCUT2D eigenvalue weighted by Gasteiger charge is 2.12. The van der Waals surface area contributed by atoms with Gasteiger partial charge in [-0.05, 0) is 43.5 Å². The Morgan fingerprint density at radius 1 is 1.15 bits per heavy atom. The van der Waals surface area contributed by atoms with Crippen molar-refractivity contribution >= 4 is 11.6 Å². The molecule has 2 aromatic rings. The molecule has 0 radical (unpaired) electrons. The second kappa shape index (κ2) is 5.90. The lowest BCUT2D eigenvalue weighted by Crippen LogP contribution is -2.18. The molecule has 1 aliphatic heterocycles. The number of aromatic nitrogens is 2. The maximum Gasteiger partial charge on any atom is 0.128 e. The van der Waals surface area contributed by atoms with Crippen LogP contribution in [0.5, 0.6) is 0 Å². The van der Waals surface area contributed by atoms with Crippen molar-refractivity contribution in [2.24, 2.45) is 0 Å². The Morgan fingerprint density at radius 3 is 2.70 bits per heavy atom. The largest absolute Gasteiger partial charge is 0.366 e. The number of nitrogens with zero attached hydrogens (tertiary/aromatic N) is 3. The molecule has 0 spiro atoms. The van der Waals surface area contributed by atoms with Gasteiger partial charge in [0, 0.05) is 31.5 Å². The Morgan fingerprint density at radius 2 is 2.00 bits per heavy atom. The zero-order valence-corrected chi connectivity index (χ0v) is 11.8. The van der Waals surface area contributed by atoms with Gasteiger partial charge < -0.3 is 10.2 Å². The van der Waals surface area contributed by atoms with E-state index in [4.69, 9.17) is 0 Å². The van der Waals surface area contributed by atoms with Crippen LogP contribution in [0.1, 0.15) is 24.1 Å². The number of hydrogen-bond acceptors (Lipinski definition) is 4. The van der Waals surface area contributed by atoms with Gasteiger partial charge in [-0.15, -0.1) is 0 Å². The molecule has 0 aromatic carbocycles. The van der Waals surface area contributed by atoms with E-state index in [0.717, 1.165) is 37.0 Å². The van der Waals surface area contributed by atoms with Crippen LogP contribution in [0.3, 0.4) is 0 Å². The van der Waals surface area contributed by atoms with Gasteiger partial charge in [0.2, 0.25) is 0 Å². The highest BCUT2D eigenvalue weighted by Crippen LogP contribution is 2.17. The van der Waals surface area contributed by atoms with Crippen LogP contribution in [0, 0.1) is 6.92 Å². The van der Waals surface area contributed by atoms with Crippen LogP contribution in [-0.4, -0.2) is 23.1 Å². The molecular weight excluding hydrogens is 248 g/mol. The molecule has 3 heterocycles. The SMILES string of the molecule is Cc1cccc(NCc2ccc(N3CCCC3)nc2)n1. The summed E-state index contributed by atoms with van der Waals surface area (Å²) in [4.78, 5) is 11.3. The molecule has 0 atom stereocenters. The minimum Gasteiger partial charge on any atom is -0.366 e. The molecule has 0 unspecified atom stereocenters. The van der Waals surface area contributed by atoms with Crippen molar-refractivity contribution in [3.8, 4) is 0 Å². The van der Waals surface area contributed by atoms with Crippen molar-refractivity contribution in [2.75, 3.05) is 23.3 Å². The average Bonchev–Trinajstić information content (AvgIpc) is 3.00. The third kappa shape index (κ3) is 3.07. The number of pyridine rings is 2. The zero-order chi connectivity index (χ0) is 13.8. The van der Waals surface area contributed by atoms with Gasteiger partial charge >= 0.3 is 0 Å². The first-order valence-corrected chi connectivity index (χ1v) is 7.19. The molecule has 0 bridgehead atoms. The summed E-state index contributed by atoms with van der Waals surface area (Å²) in [5, 5.41) is 3.33. The van der Waals surface area contributed by atoms with E-state index in [9.17, 15) is 0 Å². The van der Waals surface area contributed by atoms with Gasteiger partial charge in [0.25, 0.3) is 0 Å². The van der Waals surface area contributed by atoms with E-state index in [2.05, 4.69) is 32.3 Å². The van der Waals surface area contributed by atoms with E-state index in [1.807, 2.05) is 31.3 Å². The van der Waals surface area contributed by atoms with Crippen LogP contribution in [0.2, 0.25) is 0 Å². The Hall–Kier alpha value is -2.10. The van der Waals surface area contributed by atoms with E-state index in [-0.39, 0.29) is 0 Å². The first-order valence-electron chi connectivity index (χ1n) is 7.19. The maximum absolute atomic E-state index is 4.56. The molecule has 3 rings (SSSR count). The molecule has 1 aliphatic rings. The molecule has 1 saturated heterocycles. The standard InChI is InChI=1S/C16H20N4/c1-13-5-4-6-15(19-13)17-11-14-7-8-16(18-12-14)20-9-2-3-10-20/h4-8,12H,2-3,9-11H2,1H3,(H,17,19). The van der Waals surface area contributed by atoms with E-state index >= 15 is 0 Å². The molecule has 4 nitrogen and oxygen atoms in total.